The molecule has 2 N–H and O–H groups in total. The van der Waals surface area contributed by atoms with E-state index in [4.69, 9.17) is 0 Å². The Balaban J connectivity index is 1.68. The summed E-state index contributed by atoms with van der Waals surface area (Å²) < 4.78 is 0. The molecule has 4 rings (SSSR count). The number of carbonyl (C=O) groups is 3. The van der Waals surface area contributed by atoms with Crippen LogP contribution in [-0.2, 0) is 14.4 Å². The second-order valence-corrected chi connectivity index (χ2v) is 14.2. The zero-order valence-electron chi connectivity index (χ0n) is 23.5. The fourth-order valence-electron chi connectivity index (χ4n) is 9.66. The summed E-state index contributed by atoms with van der Waals surface area (Å²) in [5.74, 6) is 0.825. The number of fused-ring (bicyclic) bond motifs is 4. The Morgan fingerprint density at radius 1 is 1.06 bits per heavy atom. The Labute approximate surface area is 217 Å². The van der Waals surface area contributed by atoms with E-state index in [9.17, 15) is 24.6 Å². The predicted octanol–water partition coefficient (Wildman–Crippen LogP) is 5.46. The lowest BCUT2D eigenvalue weighted by molar-refractivity contribution is -0.133. The van der Waals surface area contributed by atoms with E-state index >= 15 is 0 Å². The van der Waals surface area contributed by atoms with Crippen LogP contribution in [0.2, 0.25) is 0 Å². The standard InChI is InChI=1S/C31H48O5/c1-18(11-13-32)14-20(33)15-19(2)22-16-26(36)31(7)21-8-9-24-28(3,4)25(35)10-12-29(24,5)27(21)23(34)17-30(22,31)6/h13,18-19,22,24-26,35-36H,8-12,14-17H2,1-7H3. The second kappa shape index (κ2) is 9.15. The van der Waals surface area contributed by atoms with Crippen molar-refractivity contribution in [3.8, 4) is 0 Å². The molecule has 0 aromatic heterocycles. The quantitative estimate of drug-likeness (QED) is 0.453. The van der Waals surface area contributed by atoms with Gasteiger partial charge in [0.25, 0.3) is 0 Å². The number of aliphatic hydroxyl groups excluding tert-OH is 2. The molecular weight excluding hydrogens is 452 g/mol. The van der Waals surface area contributed by atoms with Gasteiger partial charge < -0.3 is 15.0 Å². The van der Waals surface area contributed by atoms with Crippen LogP contribution < -0.4 is 0 Å². The fraction of sp³-hybridized carbons (Fsp3) is 0.839. The zero-order chi connectivity index (χ0) is 26.8. The van der Waals surface area contributed by atoms with Crippen LogP contribution in [0.5, 0.6) is 0 Å². The largest absolute Gasteiger partial charge is 0.393 e. The van der Waals surface area contributed by atoms with Crippen LogP contribution in [-0.4, -0.2) is 40.3 Å². The van der Waals surface area contributed by atoms with Gasteiger partial charge in [0, 0.05) is 36.7 Å². The number of ketones is 2. The highest BCUT2D eigenvalue weighted by Gasteiger charge is 2.68. The summed E-state index contributed by atoms with van der Waals surface area (Å²) in [6.45, 7) is 15.0. The lowest BCUT2D eigenvalue weighted by atomic mass is 9.43. The van der Waals surface area contributed by atoms with E-state index in [-0.39, 0.29) is 52.2 Å². The minimum absolute atomic E-state index is 0.0513. The Hall–Kier alpha value is -1.33. The smallest absolute Gasteiger partial charge is 0.159 e. The third-order valence-corrected chi connectivity index (χ3v) is 11.9. The van der Waals surface area contributed by atoms with E-state index < -0.39 is 16.9 Å². The van der Waals surface area contributed by atoms with Gasteiger partial charge in [0.1, 0.15) is 12.1 Å². The van der Waals surface area contributed by atoms with E-state index in [1.807, 2.05) is 6.92 Å². The van der Waals surface area contributed by atoms with E-state index in [0.29, 0.717) is 38.5 Å². The maximum Gasteiger partial charge on any atom is 0.159 e. The molecule has 0 saturated heterocycles. The summed E-state index contributed by atoms with van der Waals surface area (Å²) in [7, 11) is 0. The van der Waals surface area contributed by atoms with Gasteiger partial charge in [-0.3, -0.25) is 9.59 Å². The Kier molecular flexibility index (Phi) is 7.04. The van der Waals surface area contributed by atoms with Crippen LogP contribution in [0.1, 0.15) is 106 Å². The lowest BCUT2D eigenvalue weighted by Crippen LogP contribution is -2.58. The van der Waals surface area contributed by atoms with Gasteiger partial charge in [0.15, 0.2) is 5.78 Å². The van der Waals surface area contributed by atoms with Crippen LogP contribution in [0.25, 0.3) is 0 Å². The summed E-state index contributed by atoms with van der Waals surface area (Å²) >= 11 is 0. The fourth-order valence-corrected chi connectivity index (χ4v) is 9.66. The van der Waals surface area contributed by atoms with Crippen LogP contribution in [0.15, 0.2) is 11.1 Å². The molecule has 0 bridgehead atoms. The number of aliphatic hydroxyl groups is 2. The molecule has 0 heterocycles. The molecule has 0 radical (unpaired) electrons. The first-order valence-corrected chi connectivity index (χ1v) is 14.2. The molecule has 2 fully saturated rings. The average molecular weight is 501 g/mol. The van der Waals surface area contributed by atoms with Crippen molar-refractivity contribution in [2.45, 2.75) is 118 Å². The van der Waals surface area contributed by atoms with Gasteiger partial charge in [0.2, 0.25) is 0 Å². The zero-order valence-corrected chi connectivity index (χ0v) is 23.5. The molecule has 202 valence electrons. The van der Waals surface area contributed by atoms with E-state index in [1.54, 1.807) is 0 Å². The number of allylic oxidation sites excluding steroid dienone is 1. The summed E-state index contributed by atoms with van der Waals surface area (Å²) in [4.78, 5) is 37.7. The van der Waals surface area contributed by atoms with Crippen LogP contribution in [0, 0.1) is 45.3 Å². The molecule has 0 spiro atoms. The maximum atomic E-state index is 14.1. The van der Waals surface area contributed by atoms with Gasteiger partial charge in [-0.25, -0.2) is 0 Å². The van der Waals surface area contributed by atoms with Crippen molar-refractivity contribution in [3.05, 3.63) is 11.1 Å². The first kappa shape index (κ1) is 27.7. The van der Waals surface area contributed by atoms with Crippen LogP contribution in [0.4, 0.5) is 0 Å². The van der Waals surface area contributed by atoms with E-state index in [0.717, 1.165) is 31.1 Å². The molecule has 0 aromatic carbocycles. The highest BCUT2D eigenvalue weighted by Crippen LogP contribution is 2.71. The van der Waals surface area contributed by atoms with Gasteiger partial charge in [-0.05, 0) is 72.0 Å². The van der Waals surface area contributed by atoms with Crippen LogP contribution in [0.3, 0.4) is 0 Å². The van der Waals surface area contributed by atoms with Gasteiger partial charge in [-0.1, -0.05) is 54.0 Å². The average Bonchev–Trinajstić information content (AvgIpc) is 2.97. The molecule has 0 aliphatic heterocycles. The van der Waals surface area contributed by atoms with Gasteiger partial charge in [-0.2, -0.15) is 0 Å². The SMILES string of the molecule is CC(CC=O)CC(=O)CC(C)C1CC(O)C2(C)C3=C(C(=O)CC12C)C1(C)CCC(O)C(C)(C)C1CC3. The maximum absolute atomic E-state index is 14.1. The first-order chi connectivity index (χ1) is 16.6. The Morgan fingerprint density at radius 3 is 2.36 bits per heavy atom. The molecule has 0 amide bonds. The summed E-state index contributed by atoms with van der Waals surface area (Å²) in [5, 5.41) is 22.5. The van der Waals surface area contributed by atoms with Gasteiger partial charge in [0.05, 0.1) is 12.2 Å². The van der Waals surface area contributed by atoms with Crippen molar-refractivity contribution in [2.24, 2.45) is 45.3 Å². The van der Waals surface area contributed by atoms with Crippen molar-refractivity contribution in [1.29, 1.82) is 0 Å². The van der Waals surface area contributed by atoms with Gasteiger partial charge in [-0.15, -0.1) is 0 Å². The number of aldehydes is 1. The minimum atomic E-state index is -0.542. The Morgan fingerprint density at radius 2 is 1.72 bits per heavy atom. The van der Waals surface area contributed by atoms with Crippen molar-refractivity contribution in [3.63, 3.8) is 0 Å². The number of rotatable bonds is 7. The minimum Gasteiger partial charge on any atom is -0.393 e. The molecule has 9 unspecified atom stereocenters. The third kappa shape index (κ3) is 3.82. The topological polar surface area (TPSA) is 91.7 Å². The lowest BCUT2D eigenvalue weighted by Gasteiger charge is -2.61. The number of Topliss-reactive ketones (excluding diaryl/α,β-unsaturated/α-hetero) is 2. The summed E-state index contributed by atoms with van der Waals surface area (Å²) in [5.41, 5.74) is 0.720. The molecule has 5 nitrogen and oxygen atoms in total. The first-order valence-electron chi connectivity index (χ1n) is 14.2. The number of hydrogen-bond acceptors (Lipinski definition) is 5. The second-order valence-electron chi connectivity index (χ2n) is 14.2. The molecule has 5 heteroatoms. The van der Waals surface area contributed by atoms with Gasteiger partial charge >= 0.3 is 0 Å². The van der Waals surface area contributed by atoms with Crippen molar-refractivity contribution < 1.29 is 24.6 Å². The molecule has 4 aliphatic carbocycles. The molecule has 36 heavy (non-hydrogen) atoms. The Bertz CT molecular complexity index is 964. The summed E-state index contributed by atoms with van der Waals surface area (Å²) in [6, 6.07) is 0. The number of hydrogen-bond donors (Lipinski definition) is 2. The molecule has 0 aromatic rings. The molecule has 2 saturated carbocycles. The van der Waals surface area contributed by atoms with E-state index in [1.165, 1.54) is 5.57 Å². The monoisotopic (exact) mass is 500 g/mol. The molecular formula is C31H48O5. The van der Waals surface area contributed by atoms with Crippen molar-refractivity contribution in [1.82, 2.24) is 0 Å². The van der Waals surface area contributed by atoms with Crippen molar-refractivity contribution in [2.75, 3.05) is 0 Å². The predicted molar refractivity (Wildman–Crippen MR) is 140 cm³/mol. The molecule has 4 aliphatic rings. The summed E-state index contributed by atoms with van der Waals surface area (Å²) in [6.07, 6.45) is 5.47. The van der Waals surface area contributed by atoms with Crippen LogP contribution >= 0.6 is 0 Å². The van der Waals surface area contributed by atoms with Crippen molar-refractivity contribution >= 4 is 17.9 Å². The highest BCUT2D eigenvalue weighted by atomic mass is 16.3. The normalized spacial score (nSPS) is 43.3. The van der Waals surface area contributed by atoms with E-state index in [2.05, 4.69) is 41.5 Å². The molecule has 9 atom stereocenters. The third-order valence-electron chi connectivity index (χ3n) is 11.9. The highest BCUT2D eigenvalue weighted by molar-refractivity contribution is 6.00. The number of carbonyl (C=O) groups excluding carboxylic acids is 3.